The van der Waals surface area contributed by atoms with Crippen LogP contribution in [-0.4, -0.2) is 41.3 Å². The molecule has 0 aromatic heterocycles. The van der Waals surface area contributed by atoms with Gasteiger partial charge >= 0.3 is 6.09 Å². The highest BCUT2D eigenvalue weighted by atomic mass is 16.4. The molecular formula is C10H18N2O2. The van der Waals surface area contributed by atoms with Crippen molar-refractivity contribution in [3.63, 3.8) is 0 Å². The number of carbonyl (C=O) groups is 1. The Morgan fingerprint density at radius 1 is 1.29 bits per heavy atom. The van der Waals surface area contributed by atoms with E-state index in [1.807, 2.05) is 0 Å². The van der Waals surface area contributed by atoms with Gasteiger partial charge in [0.15, 0.2) is 0 Å². The summed E-state index contributed by atoms with van der Waals surface area (Å²) in [6.07, 6.45) is 5.39. The van der Waals surface area contributed by atoms with Crippen LogP contribution in [0.2, 0.25) is 0 Å². The van der Waals surface area contributed by atoms with E-state index in [0.717, 1.165) is 25.6 Å². The van der Waals surface area contributed by atoms with Gasteiger partial charge in [0.05, 0.1) is 0 Å². The standard InChI is InChI=1S/C10H18N2O2/c13-10(14)11-8-5-6-12(7-8)9-3-1-2-4-9/h8-9,11H,1-7H2,(H,13,14). The second kappa shape index (κ2) is 4.17. The van der Waals surface area contributed by atoms with Gasteiger partial charge in [0.25, 0.3) is 0 Å². The van der Waals surface area contributed by atoms with Crippen LogP contribution < -0.4 is 5.32 Å². The average molecular weight is 198 g/mol. The van der Waals surface area contributed by atoms with E-state index in [1.54, 1.807) is 0 Å². The van der Waals surface area contributed by atoms with E-state index in [9.17, 15) is 4.79 Å². The summed E-state index contributed by atoms with van der Waals surface area (Å²) in [6, 6.07) is 0.892. The predicted octanol–water partition coefficient (Wildman–Crippen LogP) is 1.27. The molecule has 1 amide bonds. The summed E-state index contributed by atoms with van der Waals surface area (Å²) in [5, 5.41) is 11.2. The third-order valence-electron chi connectivity index (χ3n) is 3.39. The van der Waals surface area contributed by atoms with E-state index in [4.69, 9.17) is 5.11 Å². The minimum atomic E-state index is -0.886. The van der Waals surface area contributed by atoms with Crippen LogP contribution in [0.15, 0.2) is 0 Å². The van der Waals surface area contributed by atoms with Gasteiger partial charge in [-0.15, -0.1) is 0 Å². The summed E-state index contributed by atoms with van der Waals surface area (Å²) in [6.45, 7) is 1.98. The van der Waals surface area contributed by atoms with Gasteiger partial charge in [0.2, 0.25) is 0 Å². The Morgan fingerprint density at radius 3 is 2.64 bits per heavy atom. The van der Waals surface area contributed by atoms with Gasteiger partial charge in [-0.2, -0.15) is 0 Å². The van der Waals surface area contributed by atoms with Crippen molar-refractivity contribution in [3.05, 3.63) is 0 Å². The monoisotopic (exact) mass is 198 g/mol. The fourth-order valence-electron chi connectivity index (χ4n) is 2.68. The van der Waals surface area contributed by atoms with Crippen molar-refractivity contribution in [1.29, 1.82) is 0 Å². The molecule has 1 saturated heterocycles. The van der Waals surface area contributed by atoms with E-state index in [1.165, 1.54) is 25.7 Å². The maximum Gasteiger partial charge on any atom is 0.404 e. The number of likely N-dealkylation sites (tertiary alicyclic amines) is 1. The molecule has 80 valence electrons. The molecule has 0 spiro atoms. The molecule has 4 nitrogen and oxygen atoms in total. The normalized spacial score (nSPS) is 29.6. The lowest BCUT2D eigenvalue weighted by atomic mass is 10.2. The molecule has 2 rings (SSSR count). The lowest BCUT2D eigenvalue weighted by Gasteiger charge is -2.23. The molecule has 0 bridgehead atoms. The minimum absolute atomic E-state index is 0.160. The van der Waals surface area contributed by atoms with E-state index in [0.29, 0.717) is 0 Å². The Labute approximate surface area is 84.3 Å². The Balaban J connectivity index is 1.78. The van der Waals surface area contributed by atoms with Crippen LogP contribution in [0.25, 0.3) is 0 Å². The van der Waals surface area contributed by atoms with Crippen molar-refractivity contribution in [2.24, 2.45) is 0 Å². The molecule has 0 radical (unpaired) electrons. The summed E-state index contributed by atoms with van der Waals surface area (Å²) in [7, 11) is 0. The summed E-state index contributed by atoms with van der Waals surface area (Å²) in [5.74, 6) is 0. The number of rotatable bonds is 2. The first-order valence-corrected chi connectivity index (χ1v) is 5.49. The number of amides is 1. The molecule has 2 fully saturated rings. The van der Waals surface area contributed by atoms with Crippen LogP contribution in [-0.2, 0) is 0 Å². The molecule has 0 aromatic rings. The molecule has 2 aliphatic rings. The van der Waals surface area contributed by atoms with Crippen molar-refractivity contribution in [2.45, 2.75) is 44.2 Å². The molecular weight excluding hydrogens is 180 g/mol. The number of nitrogens with zero attached hydrogens (tertiary/aromatic N) is 1. The molecule has 1 saturated carbocycles. The molecule has 1 aliphatic carbocycles. The van der Waals surface area contributed by atoms with Gasteiger partial charge in [-0.05, 0) is 19.3 Å². The van der Waals surface area contributed by atoms with E-state index < -0.39 is 6.09 Å². The van der Waals surface area contributed by atoms with Crippen LogP contribution in [0.1, 0.15) is 32.1 Å². The van der Waals surface area contributed by atoms with Crippen LogP contribution in [0.5, 0.6) is 0 Å². The van der Waals surface area contributed by atoms with Crippen molar-refractivity contribution in [2.75, 3.05) is 13.1 Å². The van der Waals surface area contributed by atoms with Gasteiger partial charge in [-0.3, -0.25) is 4.90 Å². The summed E-state index contributed by atoms with van der Waals surface area (Å²) in [5.41, 5.74) is 0. The van der Waals surface area contributed by atoms with Crippen LogP contribution in [0.3, 0.4) is 0 Å². The number of carboxylic acid groups (broad SMARTS) is 1. The Bertz CT molecular complexity index is 214. The molecule has 1 unspecified atom stereocenters. The second-order valence-electron chi connectivity index (χ2n) is 4.37. The predicted molar refractivity (Wildman–Crippen MR) is 53.4 cm³/mol. The molecule has 4 heteroatoms. The zero-order valence-corrected chi connectivity index (χ0v) is 8.41. The van der Waals surface area contributed by atoms with Gasteiger partial charge in [-0.1, -0.05) is 12.8 Å². The third-order valence-corrected chi connectivity index (χ3v) is 3.39. The Hall–Kier alpha value is -0.770. The van der Waals surface area contributed by atoms with E-state index in [2.05, 4.69) is 10.2 Å². The first-order chi connectivity index (χ1) is 6.75. The largest absolute Gasteiger partial charge is 0.465 e. The lowest BCUT2D eigenvalue weighted by molar-refractivity contribution is 0.187. The zero-order chi connectivity index (χ0) is 9.97. The SMILES string of the molecule is O=C(O)NC1CCN(C2CCCC2)C1. The number of hydrogen-bond acceptors (Lipinski definition) is 2. The van der Waals surface area contributed by atoms with Gasteiger partial charge in [0, 0.05) is 25.2 Å². The summed E-state index contributed by atoms with van der Waals surface area (Å²) < 4.78 is 0. The first kappa shape index (κ1) is 9.77. The van der Waals surface area contributed by atoms with E-state index >= 15 is 0 Å². The summed E-state index contributed by atoms with van der Waals surface area (Å²) in [4.78, 5) is 12.9. The fourth-order valence-corrected chi connectivity index (χ4v) is 2.68. The quantitative estimate of drug-likeness (QED) is 0.702. The third kappa shape index (κ3) is 2.18. The number of hydrogen-bond donors (Lipinski definition) is 2. The molecule has 0 aromatic carbocycles. The maximum absolute atomic E-state index is 10.5. The molecule has 1 atom stereocenters. The Kier molecular flexibility index (Phi) is 2.91. The maximum atomic E-state index is 10.5. The fraction of sp³-hybridized carbons (Fsp3) is 0.900. The van der Waals surface area contributed by atoms with Crippen LogP contribution in [0, 0.1) is 0 Å². The van der Waals surface area contributed by atoms with Crippen molar-refractivity contribution in [1.82, 2.24) is 10.2 Å². The topological polar surface area (TPSA) is 52.6 Å². The minimum Gasteiger partial charge on any atom is -0.465 e. The second-order valence-corrected chi connectivity index (χ2v) is 4.37. The Morgan fingerprint density at radius 2 is 2.00 bits per heavy atom. The lowest BCUT2D eigenvalue weighted by Crippen LogP contribution is -2.38. The molecule has 14 heavy (non-hydrogen) atoms. The zero-order valence-electron chi connectivity index (χ0n) is 8.41. The van der Waals surface area contributed by atoms with E-state index in [-0.39, 0.29) is 6.04 Å². The van der Waals surface area contributed by atoms with Gasteiger partial charge < -0.3 is 10.4 Å². The van der Waals surface area contributed by atoms with Crippen LogP contribution in [0.4, 0.5) is 4.79 Å². The average Bonchev–Trinajstić information content (AvgIpc) is 2.69. The highest BCUT2D eigenvalue weighted by Gasteiger charge is 2.30. The smallest absolute Gasteiger partial charge is 0.404 e. The molecule has 1 aliphatic heterocycles. The first-order valence-electron chi connectivity index (χ1n) is 5.49. The highest BCUT2D eigenvalue weighted by molar-refractivity contribution is 5.64. The molecule has 2 N–H and O–H groups in total. The number of nitrogens with one attached hydrogen (secondary N) is 1. The van der Waals surface area contributed by atoms with Gasteiger partial charge in [0.1, 0.15) is 0 Å². The van der Waals surface area contributed by atoms with Crippen molar-refractivity contribution >= 4 is 6.09 Å². The molecule has 1 heterocycles. The van der Waals surface area contributed by atoms with Gasteiger partial charge in [-0.25, -0.2) is 4.79 Å². The van der Waals surface area contributed by atoms with Crippen molar-refractivity contribution < 1.29 is 9.90 Å². The van der Waals surface area contributed by atoms with Crippen molar-refractivity contribution in [3.8, 4) is 0 Å². The van der Waals surface area contributed by atoms with Crippen LogP contribution >= 0.6 is 0 Å². The highest BCUT2D eigenvalue weighted by Crippen LogP contribution is 2.26. The summed E-state index contributed by atoms with van der Waals surface area (Å²) >= 11 is 0.